The van der Waals surface area contributed by atoms with Crippen molar-refractivity contribution in [2.24, 2.45) is 0 Å². The number of hydrogen-bond donors (Lipinski definition) is 0. The van der Waals surface area contributed by atoms with E-state index in [0.29, 0.717) is 11.3 Å². The van der Waals surface area contributed by atoms with Crippen molar-refractivity contribution in [2.45, 2.75) is 0 Å². The zero-order chi connectivity index (χ0) is 25.2. The average Bonchev–Trinajstić information content (AvgIpc) is 2.98. The molecule has 0 N–H and O–H groups in total. The SMILES string of the molecule is [C-]#[N+]c1[c-]c(-c2ccccn2)cc(C#N)c1C#N.[Ir].[c-]1ccccc1-c1ccc(-c2ccccc2)cn1. The average molecular weight is 652 g/mol. The Bertz CT molecular complexity index is 1490. The first-order valence-corrected chi connectivity index (χ1v) is 10.9. The molecular formula is C31H17IrN5-2. The maximum atomic E-state index is 9.00. The van der Waals surface area contributed by atoms with E-state index in [9.17, 15) is 0 Å². The Morgan fingerprint density at radius 3 is 2.11 bits per heavy atom. The fraction of sp³-hybridized carbons (Fsp3) is 0. The van der Waals surface area contributed by atoms with Gasteiger partial charge < -0.3 is 9.97 Å². The summed E-state index contributed by atoms with van der Waals surface area (Å²) in [7, 11) is 0. The molecule has 0 aliphatic carbocycles. The third kappa shape index (κ3) is 6.60. The van der Waals surface area contributed by atoms with Crippen LogP contribution in [-0.2, 0) is 20.1 Å². The fourth-order valence-corrected chi connectivity index (χ4v) is 3.42. The van der Waals surface area contributed by atoms with Gasteiger partial charge in [-0.15, -0.1) is 53.6 Å². The number of hydrogen-bond acceptors (Lipinski definition) is 4. The van der Waals surface area contributed by atoms with Gasteiger partial charge in [-0.3, -0.25) is 4.85 Å². The van der Waals surface area contributed by atoms with Crippen LogP contribution in [-0.4, -0.2) is 9.97 Å². The molecule has 2 heterocycles. The Hall–Kier alpha value is -4.92. The molecule has 5 nitrogen and oxygen atoms in total. The van der Waals surface area contributed by atoms with E-state index in [1.165, 1.54) is 11.6 Å². The van der Waals surface area contributed by atoms with Crippen LogP contribution in [0.3, 0.4) is 0 Å². The summed E-state index contributed by atoms with van der Waals surface area (Å²) in [4.78, 5) is 11.9. The van der Waals surface area contributed by atoms with Crippen molar-refractivity contribution in [1.82, 2.24) is 9.97 Å². The molecule has 0 fully saturated rings. The smallest absolute Gasteiger partial charge is 0.124 e. The molecule has 0 bridgehead atoms. The molecule has 3 aromatic carbocycles. The maximum absolute atomic E-state index is 9.00. The summed E-state index contributed by atoms with van der Waals surface area (Å²) in [5, 5.41) is 17.9. The first-order valence-electron chi connectivity index (χ1n) is 10.9. The zero-order valence-electron chi connectivity index (χ0n) is 19.4. The second-order valence-corrected chi connectivity index (χ2v) is 7.45. The van der Waals surface area contributed by atoms with Crippen molar-refractivity contribution in [3.05, 3.63) is 138 Å². The van der Waals surface area contributed by atoms with Crippen LogP contribution in [0.25, 0.3) is 38.5 Å². The minimum atomic E-state index is 0. The Kier molecular flexibility index (Phi) is 9.55. The van der Waals surface area contributed by atoms with Crippen LogP contribution in [0.1, 0.15) is 11.1 Å². The third-order valence-electron chi connectivity index (χ3n) is 5.19. The van der Waals surface area contributed by atoms with Gasteiger partial charge in [0, 0.05) is 38.6 Å². The van der Waals surface area contributed by atoms with Gasteiger partial charge in [-0.25, -0.2) is 5.26 Å². The van der Waals surface area contributed by atoms with Crippen LogP contribution in [0.5, 0.6) is 0 Å². The third-order valence-corrected chi connectivity index (χ3v) is 5.19. The molecule has 1 radical (unpaired) electrons. The molecule has 5 aromatic rings. The van der Waals surface area contributed by atoms with E-state index in [0.717, 1.165) is 16.8 Å². The maximum Gasteiger partial charge on any atom is 0.124 e. The summed E-state index contributed by atoms with van der Waals surface area (Å²) < 4.78 is 0. The molecule has 0 atom stereocenters. The minimum absolute atomic E-state index is 0. The van der Waals surface area contributed by atoms with E-state index < -0.39 is 0 Å². The molecule has 0 amide bonds. The molecule has 0 aliphatic rings. The van der Waals surface area contributed by atoms with Gasteiger partial charge in [0.15, 0.2) is 0 Å². The summed E-state index contributed by atoms with van der Waals surface area (Å²) >= 11 is 0. The first-order chi connectivity index (χ1) is 17.7. The van der Waals surface area contributed by atoms with Gasteiger partial charge in [0.1, 0.15) is 5.69 Å². The standard InChI is InChI=1S/C17H12N.C14H5N4.Ir/c1-3-7-14(8-4-1)16-11-12-17(18-13-16)15-9-5-2-6-10-15;1-17-14-7-10(13-4-2-3-5-18-13)6-11(8-15)12(14)9-16;/h1-9,11-13H;2-6H;/q2*-1;. The van der Waals surface area contributed by atoms with Gasteiger partial charge in [0.2, 0.25) is 0 Å². The van der Waals surface area contributed by atoms with Crippen LogP contribution >= 0.6 is 0 Å². The molecule has 2 aromatic heterocycles. The van der Waals surface area contributed by atoms with E-state index in [-0.39, 0.29) is 36.9 Å². The van der Waals surface area contributed by atoms with Crippen molar-refractivity contribution in [3.63, 3.8) is 0 Å². The van der Waals surface area contributed by atoms with E-state index in [2.05, 4.69) is 45.1 Å². The molecule has 6 heteroatoms. The number of rotatable bonds is 3. The molecule has 37 heavy (non-hydrogen) atoms. The summed E-state index contributed by atoms with van der Waals surface area (Å²) in [5.74, 6) is 0. The first kappa shape index (κ1) is 26.7. The molecule has 0 saturated heterocycles. The number of pyridine rings is 2. The second kappa shape index (κ2) is 13.2. The minimum Gasteiger partial charge on any atom is -0.305 e. The normalized spacial score (nSPS) is 9.32. The van der Waals surface area contributed by atoms with Crippen molar-refractivity contribution in [2.75, 3.05) is 0 Å². The zero-order valence-corrected chi connectivity index (χ0v) is 21.8. The molecule has 0 saturated carbocycles. The van der Waals surface area contributed by atoms with Crippen molar-refractivity contribution >= 4 is 5.69 Å². The Morgan fingerprint density at radius 2 is 1.51 bits per heavy atom. The molecule has 177 valence electrons. The molecular weight excluding hydrogens is 635 g/mol. The van der Waals surface area contributed by atoms with E-state index >= 15 is 0 Å². The van der Waals surface area contributed by atoms with Gasteiger partial charge in [0.25, 0.3) is 0 Å². The largest absolute Gasteiger partial charge is 0.305 e. The van der Waals surface area contributed by atoms with Crippen LogP contribution in [0.2, 0.25) is 0 Å². The Labute approximate surface area is 229 Å². The van der Waals surface area contributed by atoms with Gasteiger partial charge in [0.05, 0.1) is 12.6 Å². The van der Waals surface area contributed by atoms with Crippen molar-refractivity contribution in [1.29, 1.82) is 10.5 Å². The predicted octanol–water partition coefficient (Wildman–Crippen LogP) is 7.06. The molecule has 0 unspecified atom stereocenters. The van der Waals surface area contributed by atoms with E-state index in [1.807, 2.05) is 66.9 Å². The number of benzene rings is 3. The second-order valence-electron chi connectivity index (χ2n) is 7.45. The Morgan fingerprint density at radius 1 is 0.757 bits per heavy atom. The van der Waals surface area contributed by atoms with E-state index in [4.69, 9.17) is 17.1 Å². The van der Waals surface area contributed by atoms with E-state index in [1.54, 1.807) is 24.4 Å². The van der Waals surface area contributed by atoms with Crippen LogP contribution < -0.4 is 0 Å². The van der Waals surface area contributed by atoms with Crippen LogP contribution in [0.4, 0.5) is 5.69 Å². The summed E-state index contributed by atoms with van der Waals surface area (Å²) in [6.45, 7) is 7.03. The van der Waals surface area contributed by atoms with Crippen LogP contribution in [0.15, 0.2) is 103 Å². The quantitative estimate of drug-likeness (QED) is 0.196. The monoisotopic (exact) mass is 652 g/mol. The van der Waals surface area contributed by atoms with Gasteiger partial charge in [-0.05, 0) is 39.7 Å². The number of nitrogens with zero attached hydrogens (tertiary/aromatic N) is 5. The predicted molar refractivity (Wildman–Crippen MR) is 138 cm³/mol. The number of aromatic nitrogens is 2. The molecule has 5 rings (SSSR count). The van der Waals surface area contributed by atoms with Gasteiger partial charge >= 0.3 is 0 Å². The Balaban J connectivity index is 0.000000200. The van der Waals surface area contributed by atoms with Gasteiger partial charge in [-0.1, -0.05) is 54.6 Å². The molecule has 0 spiro atoms. The van der Waals surface area contributed by atoms with Gasteiger partial charge in [-0.2, -0.15) is 5.26 Å². The van der Waals surface area contributed by atoms with Crippen molar-refractivity contribution in [3.8, 4) is 45.8 Å². The molecule has 0 aliphatic heterocycles. The summed E-state index contributed by atoms with van der Waals surface area (Å²) in [6, 6.07) is 38.9. The van der Waals surface area contributed by atoms with Crippen molar-refractivity contribution < 1.29 is 20.1 Å². The topological polar surface area (TPSA) is 77.7 Å². The fourth-order valence-electron chi connectivity index (χ4n) is 3.42. The summed E-state index contributed by atoms with van der Waals surface area (Å²) in [6.07, 6.45) is 3.52. The number of nitriles is 2. The summed E-state index contributed by atoms with van der Waals surface area (Å²) in [5.41, 5.74) is 5.74. The van der Waals surface area contributed by atoms with Crippen LogP contribution in [0, 0.1) is 41.4 Å².